The Kier molecular flexibility index (Phi) is 5.62. The van der Waals surface area contributed by atoms with Crippen molar-refractivity contribution in [3.63, 3.8) is 0 Å². The van der Waals surface area contributed by atoms with E-state index < -0.39 is 123 Å². The molecule has 7 fully saturated rings. The number of esters is 1. The summed E-state index contributed by atoms with van der Waals surface area (Å²) in [4.78, 5) is 53.5. The molecule has 5 aliphatic carbocycles. The van der Waals surface area contributed by atoms with Crippen molar-refractivity contribution >= 4 is 23.5 Å². The molecule has 2 bridgehead atoms. The maximum absolute atomic E-state index is 14.0. The van der Waals surface area contributed by atoms with Gasteiger partial charge < -0.3 is 40.1 Å². The first-order valence-electron chi connectivity index (χ1n) is 15.0. The monoisotopic (exact) mass is 592 g/mol. The van der Waals surface area contributed by atoms with E-state index in [2.05, 4.69) is 0 Å². The second-order valence-corrected chi connectivity index (χ2v) is 14.9. The lowest BCUT2D eigenvalue weighted by Crippen LogP contribution is -2.77. The van der Waals surface area contributed by atoms with E-state index in [1.165, 1.54) is 20.8 Å². The van der Waals surface area contributed by atoms with Gasteiger partial charge in [0.1, 0.15) is 29.4 Å². The van der Waals surface area contributed by atoms with Gasteiger partial charge in [0, 0.05) is 11.8 Å². The standard InChI is InChI=1S/C30H40O12/c1-10(31)29-13(6-15-21(29)20(24(36)37)16-8-26(15,3)27(4,39)25(38)42-16)12-5-18(33)28(40)9-17-22(41-17)23(35)30(28,11(2)32)14(12)7-19(29)34/h12-23,33-35,39-40H,5-9H2,1-4H3,(H,36,37)/t12-,13-,14-,15?,16-,17-,18-,19-,20?,21?,22-,23-,26?,27?,28-,29+,30-/m0/s1. The summed E-state index contributed by atoms with van der Waals surface area (Å²) in [7, 11) is 0. The fourth-order valence-corrected chi connectivity index (χ4v) is 12.0. The van der Waals surface area contributed by atoms with Crippen LogP contribution >= 0.6 is 0 Å². The molecular formula is C30H40O12. The summed E-state index contributed by atoms with van der Waals surface area (Å²) in [5, 5.41) is 69.4. The zero-order chi connectivity index (χ0) is 30.7. The number of carbonyl (C=O) groups is 4. The maximum Gasteiger partial charge on any atom is 0.338 e. The number of aliphatic hydroxyl groups excluding tert-OH is 3. The van der Waals surface area contributed by atoms with Gasteiger partial charge in [-0.05, 0) is 76.0 Å². The molecule has 7 rings (SSSR count). The maximum atomic E-state index is 14.0. The number of carboxylic acid groups (broad SMARTS) is 1. The average molecular weight is 593 g/mol. The lowest BCUT2D eigenvalue weighted by molar-refractivity contribution is -0.281. The van der Waals surface area contributed by atoms with E-state index in [1.54, 1.807) is 6.92 Å². The Morgan fingerprint density at radius 1 is 0.857 bits per heavy atom. The number of carboxylic acids is 1. The van der Waals surface area contributed by atoms with Crippen molar-refractivity contribution in [1.29, 1.82) is 0 Å². The third-order valence-corrected chi connectivity index (χ3v) is 13.9. The molecule has 5 unspecified atom stereocenters. The highest BCUT2D eigenvalue weighted by molar-refractivity contribution is 5.89. The number of fused-ring (bicyclic) bond motifs is 11. The number of epoxide rings is 1. The number of Topliss-reactive ketones (excluding diaryl/α,β-unsaturated/α-hetero) is 2. The third-order valence-electron chi connectivity index (χ3n) is 13.9. The molecule has 5 saturated carbocycles. The predicted octanol–water partition coefficient (Wildman–Crippen LogP) is -0.799. The van der Waals surface area contributed by atoms with Gasteiger partial charge in [-0.3, -0.25) is 14.4 Å². The summed E-state index contributed by atoms with van der Waals surface area (Å²) in [5.41, 5.74) is -8.78. The smallest absolute Gasteiger partial charge is 0.338 e. The molecule has 0 aromatic rings. The van der Waals surface area contributed by atoms with Gasteiger partial charge in [-0.25, -0.2) is 4.79 Å². The van der Waals surface area contributed by atoms with Gasteiger partial charge in [0.2, 0.25) is 0 Å². The first-order valence-corrected chi connectivity index (χ1v) is 15.0. The van der Waals surface area contributed by atoms with Gasteiger partial charge in [-0.2, -0.15) is 0 Å². The van der Waals surface area contributed by atoms with Crippen LogP contribution in [0.25, 0.3) is 0 Å². The second-order valence-electron chi connectivity index (χ2n) is 14.9. The number of hydrogen-bond acceptors (Lipinski definition) is 11. The van der Waals surface area contributed by atoms with Crippen molar-refractivity contribution in [2.75, 3.05) is 0 Å². The third kappa shape index (κ3) is 2.82. The van der Waals surface area contributed by atoms with E-state index in [9.17, 15) is 49.8 Å². The topological polar surface area (TPSA) is 211 Å². The van der Waals surface area contributed by atoms with Crippen LogP contribution in [0.4, 0.5) is 0 Å². The Labute approximate surface area is 242 Å². The van der Waals surface area contributed by atoms with Crippen molar-refractivity contribution in [3.8, 4) is 0 Å². The number of rotatable bonds is 3. The number of aliphatic hydroxyl groups is 5. The zero-order valence-electron chi connectivity index (χ0n) is 24.1. The van der Waals surface area contributed by atoms with E-state index in [0.29, 0.717) is 0 Å². The van der Waals surface area contributed by atoms with Crippen molar-refractivity contribution in [1.82, 2.24) is 0 Å². The summed E-state index contributed by atoms with van der Waals surface area (Å²) in [6.45, 7) is 5.60. The number of hydrogen-bond donors (Lipinski definition) is 6. The molecule has 0 amide bonds. The fraction of sp³-hybridized carbons (Fsp3) is 0.867. The van der Waals surface area contributed by atoms with Crippen LogP contribution in [0.1, 0.15) is 59.8 Å². The van der Waals surface area contributed by atoms with Crippen molar-refractivity contribution in [2.45, 2.75) is 108 Å². The fourth-order valence-electron chi connectivity index (χ4n) is 12.0. The summed E-state index contributed by atoms with van der Waals surface area (Å²) in [6, 6.07) is 0. The zero-order valence-corrected chi connectivity index (χ0v) is 24.1. The van der Waals surface area contributed by atoms with E-state index in [0.717, 1.165) is 0 Å². The van der Waals surface area contributed by atoms with Crippen molar-refractivity contribution < 1.29 is 59.3 Å². The number of carbonyl (C=O) groups excluding carboxylic acids is 3. The normalized spacial score (nSPS) is 60.5. The highest BCUT2D eigenvalue weighted by atomic mass is 16.6. The van der Waals surface area contributed by atoms with Gasteiger partial charge in [0.15, 0.2) is 5.60 Å². The molecule has 232 valence electrons. The minimum absolute atomic E-state index is 0.0458. The molecule has 0 aromatic heterocycles. The Hall–Kier alpha value is -1.96. The molecule has 2 heterocycles. The second kappa shape index (κ2) is 8.19. The lowest BCUT2D eigenvalue weighted by atomic mass is 9.39. The molecule has 6 N–H and O–H groups in total. The molecule has 0 radical (unpaired) electrons. The van der Waals surface area contributed by atoms with E-state index in [-0.39, 0.29) is 32.1 Å². The number of aliphatic carboxylic acids is 1. The summed E-state index contributed by atoms with van der Waals surface area (Å²) in [6.07, 6.45) is -6.88. The molecule has 2 saturated heterocycles. The predicted molar refractivity (Wildman–Crippen MR) is 138 cm³/mol. The summed E-state index contributed by atoms with van der Waals surface area (Å²) in [5.74, 6) is -8.58. The van der Waals surface area contributed by atoms with Gasteiger partial charge in [0.25, 0.3) is 0 Å². The van der Waals surface area contributed by atoms with Crippen LogP contribution in [0.3, 0.4) is 0 Å². The SMILES string of the molecule is CC(=O)[C@@]12C3C(C(=O)O)[C@@H]4CC(C)(C3C[C@H]1[C@@H]1C[C@H](O)[C@@]3(O)C[C@@H]5O[C@@H]5[C@H](O)[C@]3(C(C)=O)[C@H]1C[C@@H]2O)C(C)(O)C(=O)O4. The first kappa shape index (κ1) is 28.8. The number of ketones is 2. The Morgan fingerprint density at radius 3 is 2.12 bits per heavy atom. The van der Waals surface area contributed by atoms with Crippen LogP contribution in [0, 0.1) is 51.8 Å². The van der Waals surface area contributed by atoms with Crippen molar-refractivity contribution in [2.24, 2.45) is 51.8 Å². The quantitative estimate of drug-likeness (QED) is 0.176. The summed E-state index contributed by atoms with van der Waals surface area (Å²) < 4.78 is 11.1. The number of ether oxygens (including phenoxy) is 2. The van der Waals surface area contributed by atoms with Crippen LogP contribution in [0.5, 0.6) is 0 Å². The highest BCUT2D eigenvalue weighted by Crippen LogP contribution is 2.76. The van der Waals surface area contributed by atoms with E-state index in [1.807, 2.05) is 0 Å². The van der Waals surface area contributed by atoms with Crippen molar-refractivity contribution in [3.05, 3.63) is 0 Å². The van der Waals surface area contributed by atoms with Crippen LogP contribution < -0.4 is 0 Å². The van der Waals surface area contributed by atoms with E-state index in [4.69, 9.17) is 9.47 Å². The van der Waals surface area contributed by atoms with Crippen LogP contribution in [-0.4, -0.2) is 102 Å². The average Bonchev–Trinajstić information content (AvgIpc) is 3.54. The minimum Gasteiger partial charge on any atom is -0.481 e. The molecule has 12 nitrogen and oxygen atoms in total. The molecule has 42 heavy (non-hydrogen) atoms. The highest BCUT2D eigenvalue weighted by Gasteiger charge is 2.83. The molecule has 2 aliphatic heterocycles. The minimum atomic E-state index is -2.03. The van der Waals surface area contributed by atoms with Gasteiger partial charge in [-0.1, -0.05) is 6.92 Å². The molecule has 12 heteroatoms. The molecule has 0 spiro atoms. The van der Waals surface area contributed by atoms with E-state index >= 15 is 0 Å². The Morgan fingerprint density at radius 2 is 1.52 bits per heavy atom. The Bertz CT molecular complexity index is 1300. The lowest BCUT2D eigenvalue weighted by Gasteiger charge is -2.66. The van der Waals surface area contributed by atoms with Gasteiger partial charge in [-0.15, -0.1) is 0 Å². The first-order chi connectivity index (χ1) is 19.4. The van der Waals surface area contributed by atoms with Crippen LogP contribution in [-0.2, 0) is 28.7 Å². The van der Waals surface area contributed by atoms with Gasteiger partial charge in [0.05, 0.1) is 41.2 Å². The van der Waals surface area contributed by atoms with Gasteiger partial charge >= 0.3 is 11.9 Å². The molecule has 7 aliphatic rings. The molecule has 17 atom stereocenters. The largest absolute Gasteiger partial charge is 0.481 e. The Balaban J connectivity index is 1.44. The van der Waals surface area contributed by atoms with Crippen LogP contribution in [0.2, 0.25) is 0 Å². The van der Waals surface area contributed by atoms with Crippen LogP contribution in [0.15, 0.2) is 0 Å². The molecular weight excluding hydrogens is 552 g/mol. The summed E-state index contributed by atoms with van der Waals surface area (Å²) >= 11 is 0. The molecule has 0 aromatic carbocycles.